The minimum Gasteiger partial charge on any atom is -0.369 e. The minimum atomic E-state index is 0.831. The standard InChI is InChI=1S/C11H13BrN4/c1-8-2-4-14-11(10(8)12)15-5-3-9-6-13-7-16-9/h2,4,6-7H,3,5H2,1H3,(H,13,16)(H,14,15). The molecule has 0 saturated heterocycles. The maximum atomic E-state index is 4.27. The van der Waals surface area contributed by atoms with Crippen LogP contribution < -0.4 is 5.32 Å². The fraction of sp³-hybridized carbons (Fsp3) is 0.273. The molecule has 2 rings (SSSR count). The highest BCUT2D eigenvalue weighted by atomic mass is 79.9. The number of H-pyrrole nitrogens is 1. The number of aromatic nitrogens is 3. The highest BCUT2D eigenvalue weighted by Crippen LogP contribution is 2.22. The molecule has 84 valence electrons. The molecular formula is C11H13BrN4. The van der Waals surface area contributed by atoms with Crippen molar-refractivity contribution in [2.24, 2.45) is 0 Å². The van der Waals surface area contributed by atoms with Crippen molar-refractivity contribution in [3.05, 3.63) is 40.5 Å². The Bertz CT molecular complexity index is 453. The van der Waals surface area contributed by atoms with Crippen molar-refractivity contribution in [1.29, 1.82) is 0 Å². The topological polar surface area (TPSA) is 53.6 Å². The molecule has 2 N–H and O–H groups in total. The van der Waals surface area contributed by atoms with Crippen LogP contribution in [0.3, 0.4) is 0 Å². The Morgan fingerprint density at radius 2 is 2.38 bits per heavy atom. The monoisotopic (exact) mass is 280 g/mol. The van der Waals surface area contributed by atoms with Crippen LogP contribution in [0.5, 0.6) is 0 Å². The molecule has 0 amide bonds. The Hall–Kier alpha value is -1.36. The average molecular weight is 281 g/mol. The molecule has 0 atom stereocenters. The van der Waals surface area contributed by atoms with Gasteiger partial charge in [-0.3, -0.25) is 0 Å². The van der Waals surface area contributed by atoms with Crippen LogP contribution in [0.15, 0.2) is 29.3 Å². The van der Waals surface area contributed by atoms with Gasteiger partial charge < -0.3 is 10.3 Å². The molecule has 0 saturated carbocycles. The van der Waals surface area contributed by atoms with Crippen LogP contribution in [0.2, 0.25) is 0 Å². The molecule has 2 aromatic heterocycles. The van der Waals surface area contributed by atoms with Gasteiger partial charge in [0.2, 0.25) is 0 Å². The predicted molar refractivity (Wildman–Crippen MR) is 67.5 cm³/mol. The van der Waals surface area contributed by atoms with Crippen molar-refractivity contribution in [3.8, 4) is 0 Å². The summed E-state index contributed by atoms with van der Waals surface area (Å²) < 4.78 is 1.03. The fourth-order valence-electron chi connectivity index (χ4n) is 1.40. The third-order valence-corrected chi connectivity index (χ3v) is 3.32. The second kappa shape index (κ2) is 5.12. The van der Waals surface area contributed by atoms with Gasteiger partial charge in [0.15, 0.2) is 0 Å². The molecular weight excluding hydrogens is 268 g/mol. The molecule has 0 bridgehead atoms. The largest absolute Gasteiger partial charge is 0.369 e. The number of hydrogen-bond acceptors (Lipinski definition) is 3. The molecule has 5 heteroatoms. The summed E-state index contributed by atoms with van der Waals surface area (Å²) in [7, 11) is 0. The molecule has 16 heavy (non-hydrogen) atoms. The van der Waals surface area contributed by atoms with Crippen LogP contribution in [-0.4, -0.2) is 21.5 Å². The molecule has 2 heterocycles. The Morgan fingerprint density at radius 3 is 3.12 bits per heavy atom. The van der Waals surface area contributed by atoms with Gasteiger partial charge in [0.05, 0.1) is 10.8 Å². The number of pyridine rings is 1. The third-order valence-electron chi connectivity index (χ3n) is 2.32. The molecule has 0 unspecified atom stereocenters. The van der Waals surface area contributed by atoms with Crippen LogP contribution in [0, 0.1) is 6.92 Å². The van der Waals surface area contributed by atoms with Gasteiger partial charge >= 0.3 is 0 Å². The Morgan fingerprint density at radius 1 is 1.50 bits per heavy atom. The van der Waals surface area contributed by atoms with Crippen molar-refractivity contribution in [2.75, 3.05) is 11.9 Å². The minimum absolute atomic E-state index is 0.831. The van der Waals surface area contributed by atoms with E-state index in [2.05, 4.69) is 36.2 Å². The van der Waals surface area contributed by atoms with Gasteiger partial charge in [-0.25, -0.2) is 9.97 Å². The molecule has 0 spiro atoms. The Kier molecular flexibility index (Phi) is 3.56. The van der Waals surface area contributed by atoms with E-state index in [1.165, 1.54) is 5.56 Å². The molecule has 0 radical (unpaired) electrons. The van der Waals surface area contributed by atoms with Crippen LogP contribution in [0.4, 0.5) is 5.82 Å². The zero-order valence-electron chi connectivity index (χ0n) is 9.00. The fourth-order valence-corrected chi connectivity index (χ4v) is 1.78. The highest BCUT2D eigenvalue weighted by molar-refractivity contribution is 9.10. The predicted octanol–water partition coefficient (Wildman–Crippen LogP) is 2.53. The summed E-state index contributed by atoms with van der Waals surface area (Å²) in [6.07, 6.45) is 6.23. The zero-order chi connectivity index (χ0) is 11.4. The van der Waals surface area contributed by atoms with E-state index in [0.717, 1.165) is 29.0 Å². The van der Waals surface area contributed by atoms with Crippen LogP contribution in [0.25, 0.3) is 0 Å². The molecule has 0 aliphatic carbocycles. The number of rotatable bonds is 4. The molecule has 0 fully saturated rings. The summed E-state index contributed by atoms with van der Waals surface area (Å²) in [4.78, 5) is 11.3. The van der Waals surface area contributed by atoms with E-state index in [1.54, 1.807) is 12.5 Å². The molecule has 2 aromatic rings. The normalized spacial score (nSPS) is 10.4. The lowest BCUT2D eigenvalue weighted by atomic mass is 10.3. The number of anilines is 1. The van der Waals surface area contributed by atoms with E-state index in [0.29, 0.717) is 0 Å². The first-order valence-corrected chi connectivity index (χ1v) is 5.89. The van der Waals surface area contributed by atoms with Gasteiger partial charge in [0.1, 0.15) is 5.82 Å². The van der Waals surface area contributed by atoms with Crippen molar-refractivity contribution in [1.82, 2.24) is 15.0 Å². The first-order valence-electron chi connectivity index (χ1n) is 5.09. The highest BCUT2D eigenvalue weighted by Gasteiger charge is 2.02. The van der Waals surface area contributed by atoms with E-state index < -0.39 is 0 Å². The van der Waals surface area contributed by atoms with Crippen LogP contribution in [0.1, 0.15) is 11.3 Å². The molecule has 0 aliphatic rings. The van der Waals surface area contributed by atoms with Gasteiger partial charge in [-0.15, -0.1) is 0 Å². The van der Waals surface area contributed by atoms with Crippen LogP contribution in [-0.2, 0) is 6.42 Å². The first-order chi connectivity index (χ1) is 7.77. The second-order valence-corrected chi connectivity index (χ2v) is 4.34. The zero-order valence-corrected chi connectivity index (χ0v) is 10.6. The lowest BCUT2D eigenvalue weighted by molar-refractivity contribution is 0.965. The first kappa shape index (κ1) is 11.1. The quantitative estimate of drug-likeness (QED) is 0.905. The van der Waals surface area contributed by atoms with Gasteiger partial charge in [-0.2, -0.15) is 0 Å². The van der Waals surface area contributed by atoms with Crippen LogP contribution >= 0.6 is 15.9 Å². The number of nitrogens with one attached hydrogen (secondary N) is 2. The average Bonchev–Trinajstić information content (AvgIpc) is 2.77. The van der Waals surface area contributed by atoms with Gasteiger partial charge in [0.25, 0.3) is 0 Å². The van der Waals surface area contributed by atoms with Crippen molar-refractivity contribution in [3.63, 3.8) is 0 Å². The maximum Gasteiger partial charge on any atom is 0.140 e. The summed E-state index contributed by atoms with van der Waals surface area (Å²) in [5.74, 6) is 0.888. The lowest BCUT2D eigenvalue weighted by Gasteiger charge is -2.08. The smallest absolute Gasteiger partial charge is 0.140 e. The van der Waals surface area contributed by atoms with E-state index in [1.807, 2.05) is 19.2 Å². The number of hydrogen-bond donors (Lipinski definition) is 2. The van der Waals surface area contributed by atoms with Gasteiger partial charge in [0, 0.05) is 31.1 Å². The SMILES string of the molecule is Cc1ccnc(NCCc2cnc[nH]2)c1Br. The second-order valence-electron chi connectivity index (χ2n) is 3.54. The van der Waals surface area contributed by atoms with Gasteiger partial charge in [-0.05, 0) is 34.5 Å². The number of aromatic amines is 1. The molecule has 4 nitrogen and oxygen atoms in total. The van der Waals surface area contributed by atoms with E-state index in [-0.39, 0.29) is 0 Å². The van der Waals surface area contributed by atoms with Crippen molar-refractivity contribution in [2.45, 2.75) is 13.3 Å². The summed E-state index contributed by atoms with van der Waals surface area (Å²) in [5.41, 5.74) is 2.30. The third kappa shape index (κ3) is 2.61. The maximum absolute atomic E-state index is 4.27. The van der Waals surface area contributed by atoms with Crippen molar-refractivity contribution < 1.29 is 0 Å². The Labute approximate surface area is 103 Å². The van der Waals surface area contributed by atoms with E-state index >= 15 is 0 Å². The van der Waals surface area contributed by atoms with E-state index in [4.69, 9.17) is 0 Å². The summed E-state index contributed by atoms with van der Waals surface area (Å²) in [6, 6.07) is 1.98. The lowest BCUT2D eigenvalue weighted by Crippen LogP contribution is -2.07. The number of imidazole rings is 1. The number of halogens is 1. The van der Waals surface area contributed by atoms with Gasteiger partial charge in [-0.1, -0.05) is 0 Å². The summed E-state index contributed by atoms with van der Waals surface area (Å²) in [5, 5.41) is 3.29. The Balaban J connectivity index is 1.92. The molecule has 0 aromatic carbocycles. The number of aryl methyl sites for hydroxylation is 1. The summed E-state index contributed by atoms with van der Waals surface area (Å²) >= 11 is 3.51. The molecule has 0 aliphatic heterocycles. The number of nitrogens with zero attached hydrogens (tertiary/aromatic N) is 2. The summed E-state index contributed by atoms with van der Waals surface area (Å²) in [6.45, 7) is 2.88. The van der Waals surface area contributed by atoms with E-state index in [9.17, 15) is 0 Å². The van der Waals surface area contributed by atoms with Crippen molar-refractivity contribution >= 4 is 21.7 Å².